The minimum Gasteiger partial charge on any atom is -0.383 e. The molecule has 1 unspecified atom stereocenters. The average Bonchev–Trinajstić information content (AvgIpc) is 2.30. The van der Waals surface area contributed by atoms with Gasteiger partial charge in [-0.25, -0.2) is 13.1 Å². The number of hydrogen-bond acceptors (Lipinski definition) is 3. The van der Waals surface area contributed by atoms with Gasteiger partial charge in [-0.2, -0.15) is 0 Å². The van der Waals surface area contributed by atoms with Crippen molar-refractivity contribution in [3.63, 3.8) is 0 Å². The summed E-state index contributed by atoms with van der Waals surface area (Å²) in [6, 6.07) is 8.24. The van der Waals surface area contributed by atoms with E-state index >= 15 is 0 Å². The summed E-state index contributed by atoms with van der Waals surface area (Å²) in [6.07, 6.45) is 0.529. The van der Waals surface area contributed by atoms with Gasteiger partial charge in [-0.05, 0) is 18.6 Å². The Hall–Kier alpha value is -0.620. The first-order valence-corrected chi connectivity index (χ1v) is 7.16. The molecule has 0 saturated carbocycles. The summed E-state index contributed by atoms with van der Waals surface area (Å²) in [7, 11) is -1.86. The Kier molecular flexibility index (Phi) is 5.91. The van der Waals surface area contributed by atoms with Gasteiger partial charge in [0, 0.05) is 13.7 Å². The topological polar surface area (TPSA) is 55.4 Å². The third-order valence-corrected chi connectivity index (χ3v) is 3.97. The lowest BCUT2D eigenvalue weighted by Gasteiger charge is -2.09. The molecule has 0 radical (unpaired) electrons. The van der Waals surface area contributed by atoms with Crippen LogP contribution in [0.4, 0.5) is 0 Å². The molecule has 6 heteroatoms. The number of methoxy groups -OCH3 is 1. The van der Waals surface area contributed by atoms with Crippen molar-refractivity contribution >= 4 is 21.6 Å². The van der Waals surface area contributed by atoms with Crippen molar-refractivity contribution in [1.82, 2.24) is 4.72 Å². The molecule has 0 aliphatic heterocycles. The van der Waals surface area contributed by atoms with Gasteiger partial charge in [0.1, 0.15) is 0 Å². The highest BCUT2D eigenvalue weighted by molar-refractivity contribution is 7.89. The van der Waals surface area contributed by atoms with Gasteiger partial charge in [-0.1, -0.05) is 18.2 Å². The lowest BCUT2D eigenvalue weighted by atomic mass is 10.3. The van der Waals surface area contributed by atoms with E-state index in [9.17, 15) is 8.42 Å². The van der Waals surface area contributed by atoms with Gasteiger partial charge in [-0.15, -0.1) is 11.6 Å². The van der Waals surface area contributed by atoms with Crippen LogP contribution in [-0.4, -0.2) is 34.1 Å². The maximum Gasteiger partial charge on any atom is 0.240 e. The zero-order valence-electron chi connectivity index (χ0n) is 9.60. The lowest BCUT2D eigenvalue weighted by Crippen LogP contribution is -2.27. The molecule has 0 saturated heterocycles. The Morgan fingerprint density at radius 2 is 2.00 bits per heavy atom. The highest BCUT2D eigenvalue weighted by atomic mass is 35.5. The molecule has 1 N–H and O–H groups in total. The molecule has 0 bridgehead atoms. The highest BCUT2D eigenvalue weighted by Gasteiger charge is 2.13. The fraction of sp³-hybridized carbons (Fsp3) is 0.455. The van der Waals surface area contributed by atoms with Crippen LogP contribution in [0, 0.1) is 0 Å². The van der Waals surface area contributed by atoms with E-state index in [0.29, 0.717) is 19.6 Å². The van der Waals surface area contributed by atoms with Crippen molar-refractivity contribution in [3.05, 3.63) is 30.3 Å². The Morgan fingerprint density at radius 1 is 1.35 bits per heavy atom. The maximum atomic E-state index is 11.8. The molecule has 0 aromatic heterocycles. The number of alkyl halides is 1. The first-order chi connectivity index (χ1) is 8.06. The minimum atomic E-state index is -3.42. The van der Waals surface area contributed by atoms with Crippen molar-refractivity contribution in [2.75, 3.05) is 20.3 Å². The molecule has 1 aromatic rings. The van der Waals surface area contributed by atoms with Gasteiger partial charge >= 0.3 is 0 Å². The molecule has 1 aromatic carbocycles. The van der Waals surface area contributed by atoms with Crippen LogP contribution < -0.4 is 4.72 Å². The largest absolute Gasteiger partial charge is 0.383 e. The van der Waals surface area contributed by atoms with Gasteiger partial charge in [0.15, 0.2) is 0 Å². The summed E-state index contributed by atoms with van der Waals surface area (Å²) in [5.41, 5.74) is 0. The Balaban J connectivity index is 2.46. The second kappa shape index (κ2) is 6.96. The van der Waals surface area contributed by atoms with E-state index < -0.39 is 10.0 Å². The summed E-state index contributed by atoms with van der Waals surface area (Å²) in [5.74, 6) is 0. The van der Waals surface area contributed by atoms with Crippen LogP contribution in [0.2, 0.25) is 0 Å². The Labute approximate surface area is 107 Å². The zero-order valence-corrected chi connectivity index (χ0v) is 11.2. The van der Waals surface area contributed by atoms with E-state index in [1.54, 1.807) is 37.4 Å². The molecule has 96 valence electrons. The third kappa shape index (κ3) is 5.04. The van der Waals surface area contributed by atoms with E-state index in [4.69, 9.17) is 16.3 Å². The van der Waals surface area contributed by atoms with Crippen molar-refractivity contribution in [2.24, 2.45) is 0 Å². The zero-order chi connectivity index (χ0) is 12.7. The lowest BCUT2D eigenvalue weighted by molar-refractivity contribution is 0.196. The summed E-state index contributed by atoms with van der Waals surface area (Å²) >= 11 is 5.90. The molecule has 0 heterocycles. The molecule has 0 spiro atoms. The van der Waals surface area contributed by atoms with Gasteiger partial charge in [0.2, 0.25) is 10.0 Å². The van der Waals surface area contributed by atoms with Crippen LogP contribution in [0.5, 0.6) is 0 Å². The van der Waals surface area contributed by atoms with Crippen molar-refractivity contribution < 1.29 is 13.2 Å². The summed E-state index contributed by atoms with van der Waals surface area (Å²) in [6.45, 7) is 0.712. The van der Waals surface area contributed by atoms with Crippen LogP contribution in [0.1, 0.15) is 6.42 Å². The van der Waals surface area contributed by atoms with Gasteiger partial charge in [-0.3, -0.25) is 0 Å². The molecule has 17 heavy (non-hydrogen) atoms. The number of nitrogens with one attached hydrogen (secondary N) is 1. The summed E-state index contributed by atoms with van der Waals surface area (Å²) in [5, 5.41) is -0.182. The van der Waals surface area contributed by atoms with Crippen LogP contribution in [-0.2, 0) is 14.8 Å². The second-order valence-corrected chi connectivity index (χ2v) is 5.94. The van der Waals surface area contributed by atoms with Crippen LogP contribution in [0.15, 0.2) is 35.2 Å². The number of benzene rings is 1. The third-order valence-electron chi connectivity index (χ3n) is 2.15. The molecule has 1 rings (SSSR count). The van der Waals surface area contributed by atoms with E-state index in [1.807, 2.05) is 0 Å². The van der Waals surface area contributed by atoms with Crippen molar-refractivity contribution in [3.8, 4) is 0 Å². The number of sulfonamides is 1. The van der Waals surface area contributed by atoms with E-state index in [-0.39, 0.29) is 10.3 Å². The van der Waals surface area contributed by atoms with Gasteiger partial charge in [0.05, 0.1) is 16.9 Å². The highest BCUT2D eigenvalue weighted by Crippen LogP contribution is 2.08. The van der Waals surface area contributed by atoms with Gasteiger partial charge < -0.3 is 4.74 Å². The maximum absolute atomic E-state index is 11.8. The quantitative estimate of drug-likeness (QED) is 0.771. The average molecular weight is 278 g/mol. The van der Waals surface area contributed by atoms with Gasteiger partial charge in [0.25, 0.3) is 0 Å². The van der Waals surface area contributed by atoms with Crippen molar-refractivity contribution in [1.29, 1.82) is 0 Å². The number of ether oxygens (including phenoxy) is 1. The Morgan fingerprint density at radius 3 is 2.59 bits per heavy atom. The smallest absolute Gasteiger partial charge is 0.240 e. The molecule has 4 nitrogen and oxygen atoms in total. The molecule has 0 aliphatic carbocycles. The van der Waals surface area contributed by atoms with E-state index in [0.717, 1.165) is 0 Å². The van der Waals surface area contributed by atoms with Crippen LogP contribution in [0.25, 0.3) is 0 Å². The minimum absolute atomic E-state index is 0.182. The number of hydrogen-bond donors (Lipinski definition) is 1. The van der Waals surface area contributed by atoms with Crippen LogP contribution in [0.3, 0.4) is 0 Å². The first-order valence-electron chi connectivity index (χ1n) is 5.24. The number of rotatable bonds is 7. The predicted octanol–water partition coefficient (Wildman–Crippen LogP) is 1.61. The molecular weight excluding hydrogens is 262 g/mol. The fourth-order valence-corrected chi connectivity index (χ4v) is 2.60. The van der Waals surface area contributed by atoms with E-state index in [2.05, 4.69) is 4.72 Å². The predicted molar refractivity (Wildman–Crippen MR) is 67.8 cm³/mol. The standard InChI is InChI=1S/C11H16ClNO3S/c1-16-9-10(12)7-8-13-17(14,15)11-5-3-2-4-6-11/h2-6,10,13H,7-9H2,1H3. The molecule has 0 fully saturated rings. The van der Waals surface area contributed by atoms with Crippen molar-refractivity contribution in [2.45, 2.75) is 16.7 Å². The Bertz CT molecular complexity index is 422. The van der Waals surface area contributed by atoms with E-state index in [1.165, 1.54) is 0 Å². The SMILES string of the molecule is COCC(Cl)CCNS(=O)(=O)c1ccccc1. The summed E-state index contributed by atoms with van der Waals surface area (Å²) < 4.78 is 30.9. The monoisotopic (exact) mass is 277 g/mol. The normalized spacial score (nSPS) is 13.5. The fourth-order valence-electron chi connectivity index (χ4n) is 1.30. The summed E-state index contributed by atoms with van der Waals surface area (Å²) in [4.78, 5) is 0.262. The number of halogens is 1. The molecular formula is C11H16ClNO3S. The molecule has 1 atom stereocenters. The molecule has 0 amide bonds. The first kappa shape index (κ1) is 14.4. The van der Waals surface area contributed by atoms with Crippen LogP contribution >= 0.6 is 11.6 Å². The second-order valence-electron chi connectivity index (χ2n) is 3.55. The molecule has 0 aliphatic rings.